The van der Waals surface area contributed by atoms with Crippen molar-refractivity contribution in [2.45, 2.75) is 20.8 Å². The molecule has 0 saturated carbocycles. The molecular formula is C22H24N4O3. The highest BCUT2D eigenvalue weighted by atomic mass is 16.5. The summed E-state index contributed by atoms with van der Waals surface area (Å²) in [7, 11) is 0. The molecule has 2 amide bonds. The van der Waals surface area contributed by atoms with Crippen LogP contribution in [0.5, 0.6) is 0 Å². The number of carbonyl (C=O) groups excluding carboxylic acids is 2. The van der Waals surface area contributed by atoms with Gasteiger partial charge in [-0.1, -0.05) is 35.5 Å². The fraction of sp³-hybridized carbons (Fsp3) is 0.227. The first-order chi connectivity index (χ1) is 14.0. The SMILES string of the molecule is CCN(CC)c1ccc(C(=O)NNC(=O)c2c(-c3ccccc3)noc2C)cc1. The highest BCUT2D eigenvalue weighted by Gasteiger charge is 2.22. The first-order valence-corrected chi connectivity index (χ1v) is 9.52. The Labute approximate surface area is 169 Å². The van der Waals surface area contributed by atoms with E-state index in [1.807, 2.05) is 42.5 Å². The molecule has 0 aliphatic carbocycles. The molecule has 0 aliphatic rings. The monoisotopic (exact) mass is 392 g/mol. The lowest BCUT2D eigenvalue weighted by molar-refractivity contribution is 0.0846. The highest BCUT2D eigenvalue weighted by molar-refractivity contribution is 6.03. The third kappa shape index (κ3) is 4.45. The van der Waals surface area contributed by atoms with E-state index in [4.69, 9.17) is 4.52 Å². The number of aryl methyl sites for hydroxylation is 1. The Balaban J connectivity index is 1.69. The third-order valence-electron chi connectivity index (χ3n) is 4.68. The zero-order chi connectivity index (χ0) is 20.8. The smallest absolute Gasteiger partial charge is 0.275 e. The fourth-order valence-corrected chi connectivity index (χ4v) is 3.09. The molecule has 3 aromatic rings. The summed E-state index contributed by atoms with van der Waals surface area (Å²) in [5.41, 5.74) is 7.86. The van der Waals surface area contributed by atoms with Gasteiger partial charge in [-0.25, -0.2) is 0 Å². The van der Waals surface area contributed by atoms with E-state index in [1.54, 1.807) is 19.1 Å². The number of aromatic nitrogens is 1. The Morgan fingerprint density at radius 1 is 0.931 bits per heavy atom. The van der Waals surface area contributed by atoms with Crippen molar-refractivity contribution in [1.29, 1.82) is 0 Å². The average Bonchev–Trinajstić information content (AvgIpc) is 3.15. The van der Waals surface area contributed by atoms with Crippen LogP contribution in [0, 0.1) is 6.92 Å². The Hall–Kier alpha value is -3.61. The number of nitrogens with one attached hydrogen (secondary N) is 2. The Morgan fingerprint density at radius 2 is 1.55 bits per heavy atom. The zero-order valence-corrected chi connectivity index (χ0v) is 16.7. The average molecular weight is 392 g/mol. The van der Waals surface area contributed by atoms with E-state index in [-0.39, 0.29) is 5.56 Å². The quantitative estimate of drug-likeness (QED) is 0.626. The fourth-order valence-electron chi connectivity index (χ4n) is 3.09. The van der Waals surface area contributed by atoms with E-state index in [0.717, 1.165) is 24.3 Å². The first-order valence-electron chi connectivity index (χ1n) is 9.52. The van der Waals surface area contributed by atoms with Crippen molar-refractivity contribution in [3.05, 3.63) is 71.5 Å². The van der Waals surface area contributed by atoms with Crippen LogP contribution in [-0.2, 0) is 0 Å². The first kappa shape index (κ1) is 20.1. The molecule has 2 aromatic carbocycles. The summed E-state index contributed by atoms with van der Waals surface area (Å²) in [5, 5.41) is 3.98. The topological polar surface area (TPSA) is 87.5 Å². The van der Waals surface area contributed by atoms with Crippen molar-refractivity contribution in [2.75, 3.05) is 18.0 Å². The summed E-state index contributed by atoms with van der Waals surface area (Å²) in [6.45, 7) is 7.59. The van der Waals surface area contributed by atoms with E-state index in [0.29, 0.717) is 17.0 Å². The molecule has 150 valence electrons. The van der Waals surface area contributed by atoms with Crippen LogP contribution in [0.15, 0.2) is 59.1 Å². The summed E-state index contributed by atoms with van der Waals surface area (Å²) < 4.78 is 5.19. The molecule has 3 rings (SSSR count). The Morgan fingerprint density at radius 3 is 2.17 bits per heavy atom. The summed E-state index contributed by atoms with van der Waals surface area (Å²) in [5.74, 6) is -0.519. The van der Waals surface area contributed by atoms with E-state index in [2.05, 4.69) is 34.8 Å². The normalized spacial score (nSPS) is 10.4. The summed E-state index contributed by atoms with van der Waals surface area (Å²) in [6.07, 6.45) is 0. The highest BCUT2D eigenvalue weighted by Crippen LogP contribution is 2.24. The molecule has 29 heavy (non-hydrogen) atoms. The van der Waals surface area contributed by atoms with Crippen LogP contribution in [0.1, 0.15) is 40.3 Å². The largest absolute Gasteiger partial charge is 0.372 e. The number of amides is 2. The maximum atomic E-state index is 12.6. The van der Waals surface area contributed by atoms with Crippen molar-refractivity contribution < 1.29 is 14.1 Å². The van der Waals surface area contributed by atoms with Crippen molar-refractivity contribution >= 4 is 17.5 Å². The minimum atomic E-state index is -0.490. The number of hydrogen-bond donors (Lipinski definition) is 2. The van der Waals surface area contributed by atoms with Crippen molar-refractivity contribution in [3.63, 3.8) is 0 Å². The van der Waals surface area contributed by atoms with E-state index < -0.39 is 11.8 Å². The Bertz CT molecular complexity index is 977. The molecule has 0 fully saturated rings. The van der Waals surface area contributed by atoms with Crippen molar-refractivity contribution in [3.8, 4) is 11.3 Å². The molecule has 7 heteroatoms. The van der Waals surface area contributed by atoms with Crippen molar-refractivity contribution in [2.24, 2.45) is 0 Å². The van der Waals surface area contributed by atoms with Crippen LogP contribution >= 0.6 is 0 Å². The number of nitrogens with zero attached hydrogens (tertiary/aromatic N) is 2. The van der Waals surface area contributed by atoms with Gasteiger partial charge in [-0.2, -0.15) is 0 Å². The molecule has 0 atom stereocenters. The predicted octanol–water partition coefficient (Wildman–Crippen LogP) is 3.57. The van der Waals surface area contributed by atoms with Crippen LogP contribution in [0.25, 0.3) is 11.3 Å². The predicted molar refractivity (Wildman–Crippen MR) is 112 cm³/mol. The molecule has 2 N–H and O–H groups in total. The summed E-state index contributed by atoms with van der Waals surface area (Å²) in [4.78, 5) is 27.2. The van der Waals surface area contributed by atoms with E-state index >= 15 is 0 Å². The second kappa shape index (κ2) is 9.05. The van der Waals surface area contributed by atoms with Gasteiger partial charge < -0.3 is 9.42 Å². The van der Waals surface area contributed by atoms with Crippen LogP contribution in [0.4, 0.5) is 5.69 Å². The third-order valence-corrected chi connectivity index (χ3v) is 4.68. The van der Waals surface area contributed by atoms with Crippen LogP contribution in [0.2, 0.25) is 0 Å². The lowest BCUT2D eigenvalue weighted by atomic mass is 10.1. The van der Waals surface area contributed by atoms with Crippen LogP contribution < -0.4 is 15.8 Å². The number of rotatable bonds is 6. The van der Waals surface area contributed by atoms with Gasteiger partial charge in [-0.15, -0.1) is 0 Å². The molecule has 0 saturated heterocycles. The van der Waals surface area contributed by atoms with Gasteiger partial charge in [-0.05, 0) is 45.0 Å². The number of carbonyl (C=O) groups is 2. The van der Waals surface area contributed by atoms with Gasteiger partial charge in [0, 0.05) is 29.9 Å². The van der Waals surface area contributed by atoms with Gasteiger partial charge in [0.25, 0.3) is 11.8 Å². The zero-order valence-electron chi connectivity index (χ0n) is 16.7. The Kier molecular flexibility index (Phi) is 6.29. The second-order valence-corrected chi connectivity index (χ2v) is 6.46. The van der Waals surface area contributed by atoms with Gasteiger partial charge in [0.05, 0.1) is 0 Å². The molecule has 1 aromatic heterocycles. The molecule has 7 nitrogen and oxygen atoms in total. The van der Waals surface area contributed by atoms with Gasteiger partial charge in [-0.3, -0.25) is 20.4 Å². The van der Waals surface area contributed by atoms with Gasteiger partial charge in [0.15, 0.2) is 0 Å². The molecule has 0 unspecified atom stereocenters. The molecular weight excluding hydrogens is 368 g/mol. The lowest BCUT2D eigenvalue weighted by Crippen LogP contribution is -2.41. The van der Waals surface area contributed by atoms with Crippen LogP contribution in [0.3, 0.4) is 0 Å². The van der Waals surface area contributed by atoms with Crippen molar-refractivity contribution in [1.82, 2.24) is 16.0 Å². The minimum absolute atomic E-state index is 0.286. The minimum Gasteiger partial charge on any atom is -0.372 e. The maximum Gasteiger partial charge on any atom is 0.275 e. The summed E-state index contributed by atoms with van der Waals surface area (Å²) in [6, 6.07) is 16.5. The number of hydrogen-bond acceptors (Lipinski definition) is 5. The number of benzene rings is 2. The standard InChI is InChI=1S/C22H24N4O3/c1-4-26(5-2)18-13-11-17(12-14-18)21(27)23-24-22(28)19-15(3)29-25-20(19)16-9-7-6-8-10-16/h6-14H,4-5H2,1-3H3,(H,23,27)(H,24,28). The molecule has 0 bridgehead atoms. The lowest BCUT2D eigenvalue weighted by Gasteiger charge is -2.21. The van der Waals surface area contributed by atoms with Gasteiger partial charge in [0.1, 0.15) is 17.0 Å². The van der Waals surface area contributed by atoms with Gasteiger partial charge in [0.2, 0.25) is 0 Å². The molecule has 0 aliphatic heterocycles. The number of hydrazine groups is 1. The van der Waals surface area contributed by atoms with E-state index in [1.165, 1.54) is 0 Å². The van der Waals surface area contributed by atoms with Crippen LogP contribution in [-0.4, -0.2) is 30.1 Å². The van der Waals surface area contributed by atoms with Gasteiger partial charge >= 0.3 is 0 Å². The number of anilines is 1. The molecule has 0 radical (unpaired) electrons. The molecule has 1 heterocycles. The molecule has 0 spiro atoms. The summed E-state index contributed by atoms with van der Waals surface area (Å²) >= 11 is 0. The van der Waals surface area contributed by atoms with E-state index in [9.17, 15) is 9.59 Å². The maximum absolute atomic E-state index is 12.6. The second-order valence-electron chi connectivity index (χ2n) is 6.46.